The first-order chi connectivity index (χ1) is 10.3. The lowest BCUT2D eigenvalue weighted by molar-refractivity contribution is 0.222. The maximum Gasteiger partial charge on any atom is 0.397 e. The van der Waals surface area contributed by atoms with Crippen LogP contribution in [-0.4, -0.2) is 19.6 Å². The zero-order valence-corrected chi connectivity index (χ0v) is 15.5. The molecule has 0 saturated carbocycles. The summed E-state index contributed by atoms with van der Waals surface area (Å²) in [6.45, 7) is 6.60. The summed E-state index contributed by atoms with van der Waals surface area (Å²) in [6.07, 6.45) is 14.0. The van der Waals surface area contributed by atoms with E-state index >= 15 is 0 Å². The van der Waals surface area contributed by atoms with Gasteiger partial charge in [-0.2, -0.15) is 8.42 Å². The highest BCUT2D eigenvalue weighted by Crippen LogP contribution is 2.19. The SMILES string of the molecule is CCCCCCCCC(C)CCCCC(C)COS(=O)(=O)O. The Morgan fingerprint density at radius 1 is 0.818 bits per heavy atom. The molecule has 0 aromatic rings. The third kappa shape index (κ3) is 16.2. The largest absolute Gasteiger partial charge is 0.397 e. The van der Waals surface area contributed by atoms with Crippen LogP contribution in [0.3, 0.4) is 0 Å². The number of rotatable bonds is 15. The predicted octanol–water partition coefficient (Wildman–Crippen LogP) is 5.39. The van der Waals surface area contributed by atoms with Gasteiger partial charge in [0.25, 0.3) is 0 Å². The van der Waals surface area contributed by atoms with Crippen molar-refractivity contribution in [1.82, 2.24) is 0 Å². The minimum absolute atomic E-state index is 0.0755. The van der Waals surface area contributed by atoms with Gasteiger partial charge in [-0.05, 0) is 18.3 Å². The van der Waals surface area contributed by atoms with Crippen molar-refractivity contribution in [3.63, 3.8) is 0 Å². The fourth-order valence-electron chi connectivity index (χ4n) is 2.69. The minimum Gasteiger partial charge on any atom is -0.264 e. The minimum atomic E-state index is -4.28. The summed E-state index contributed by atoms with van der Waals surface area (Å²) >= 11 is 0. The van der Waals surface area contributed by atoms with E-state index in [1.54, 1.807) is 0 Å². The Morgan fingerprint density at radius 2 is 1.27 bits per heavy atom. The molecule has 0 amide bonds. The van der Waals surface area contributed by atoms with Crippen LogP contribution < -0.4 is 0 Å². The molecule has 0 aromatic carbocycles. The second kappa shape index (κ2) is 13.3. The average Bonchev–Trinajstić information content (AvgIpc) is 2.44. The average molecular weight is 337 g/mol. The summed E-state index contributed by atoms with van der Waals surface area (Å²) in [5.74, 6) is 0.950. The van der Waals surface area contributed by atoms with E-state index in [1.807, 2.05) is 6.92 Å². The molecule has 1 N–H and O–H groups in total. The van der Waals surface area contributed by atoms with Gasteiger partial charge >= 0.3 is 10.4 Å². The quantitative estimate of drug-likeness (QED) is 0.322. The van der Waals surface area contributed by atoms with Crippen molar-refractivity contribution in [2.75, 3.05) is 6.61 Å². The van der Waals surface area contributed by atoms with Crippen LogP contribution in [0.5, 0.6) is 0 Å². The van der Waals surface area contributed by atoms with Crippen LogP contribution in [0, 0.1) is 11.8 Å². The maximum absolute atomic E-state index is 10.5. The van der Waals surface area contributed by atoms with E-state index in [4.69, 9.17) is 4.55 Å². The first-order valence-electron chi connectivity index (χ1n) is 8.97. The van der Waals surface area contributed by atoms with Crippen molar-refractivity contribution >= 4 is 10.4 Å². The first-order valence-corrected chi connectivity index (χ1v) is 10.3. The van der Waals surface area contributed by atoms with E-state index in [0.717, 1.165) is 18.8 Å². The summed E-state index contributed by atoms with van der Waals surface area (Å²) in [5, 5.41) is 0. The second-order valence-electron chi connectivity index (χ2n) is 6.76. The fraction of sp³-hybridized carbons (Fsp3) is 1.00. The number of unbranched alkanes of at least 4 members (excludes halogenated alkanes) is 6. The third-order valence-electron chi connectivity index (χ3n) is 4.20. The van der Waals surface area contributed by atoms with Gasteiger partial charge in [0.1, 0.15) is 0 Å². The highest BCUT2D eigenvalue weighted by molar-refractivity contribution is 7.80. The van der Waals surface area contributed by atoms with Gasteiger partial charge in [0.15, 0.2) is 0 Å². The highest BCUT2D eigenvalue weighted by Gasteiger charge is 2.09. The van der Waals surface area contributed by atoms with E-state index in [1.165, 1.54) is 57.8 Å². The van der Waals surface area contributed by atoms with Crippen molar-refractivity contribution < 1.29 is 17.2 Å². The predicted molar refractivity (Wildman–Crippen MR) is 92.3 cm³/mol. The van der Waals surface area contributed by atoms with Gasteiger partial charge in [0.05, 0.1) is 6.61 Å². The Labute approximate surface area is 138 Å². The Balaban J connectivity index is 3.42. The van der Waals surface area contributed by atoms with Crippen molar-refractivity contribution in [3.05, 3.63) is 0 Å². The molecule has 2 atom stereocenters. The molecule has 2 unspecified atom stereocenters. The van der Waals surface area contributed by atoms with Gasteiger partial charge < -0.3 is 0 Å². The smallest absolute Gasteiger partial charge is 0.264 e. The lowest BCUT2D eigenvalue weighted by atomic mass is 9.95. The van der Waals surface area contributed by atoms with Crippen LogP contribution in [0.2, 0.25) is 0 Å². The lowest BCUT2D eigenvalue weighted by Gasteiger charge is -2.13. The first kappa shape index (κ1) is 21.9. The topological polar surface area (TPSA) is 63.6 Å². The Hall–Kier alpha value is -0.130. The van der Waals surface area contributed by atoms with E-state index in [0.29, 0.717) is 0 Å². The maximum atomic E-state index is 10.5. The van der Waals surface area contributed by atoms with Gasteiger partial charge in [-0.25, -0.2) is 4.18 Å². The van der Waals surface area contributed by atoms with Gasteiger partial charge in [-0.3, -0.25) is 4.55 Å². The molecule has 0 aliphatic rings. The molecule has 0 aliphatic heterocycles. The molecule has 0 aliphatic carbocycles. The summed E-state index contributed by atoms with van der Waals surface area (Å²) in [4.78, 5) is 0. The molecule has 4 nitrogen and oxygen atoms in total. The van der Waals surface area contributed by atoms with Crippen LogP contribution in [0.4, 0.5) is 0 Å². The molecular weight excluding hydrogens is 300 g/mol. The standard InChI is InChI=1S/C17H36O4S/c1-4-5-6-7-8-9-12-16(2)13-10-11-14-17(3)15-21-22(18,19)20/h16-17H,4-15H2,1-3H3,(H,18,19,20). The molecule has 5 heteroatoms. The Kier molecular flexibility index (Phi) is 13.2. The molecule has 0 bridgehead atoms. The van der Waals surface area contributed by atoms with Crippen molar-refractivity contribution in [2.24, 2.45) is 11.8 Å². The molecule has 0 spiro atoms. The molecule has 0 fully saturated rings. The molecule has 0 rings (SSSR count). The molecule has 0 saturated heterocycles. The zero-order valence-electron chi connectivity index (χ0n) is 14.7. The van der Waals surface area contributed by atoms with Crippen molar-refractivity contribution in [1.29, 1.82) is 0 Å². The van der Waals surface area contributed by atoms with E-state index < -0.39 is 10.4 Å². The van der Waals surface area contributed by atoms with Crippen LogP contribution in [0.1, 0.15) is 91.4 Å². The second-order valence-corrected chi connectivity index (χ2v) is 7.85. The van der Waals surface area contributed by atoms with Crippen LogP contribution >= 0.6 is 0 Å². The zero-order chi connectivity index (χ0) is 16.8. The molecule has 134 valence electrons. The van der Waals surface area contributed by atoms with E-state index in [2.05, 4.69) is 18.0 Å². The monoisotopic (exact) mass is 336 g/mol. The summed E-state index contributed by atoms with van der Waals surface area (Å²) in [6, 6.07) is 0. The molecule has 0 heterocycles. The third-order valence-corrected chi connectivity index (χ3v) is 4.63. The van der Waals surface area contributed by atoms with E-state index in [-0.39, 0.29) is 12.5 Å². The fourth-order valence-corrected chi connectivity index (χ4v) is 3.09. The van der Waals surface area contributed by atoms with Crippen molar-refractivity contribution in [3.8, 4) is 0 Å². The Morgan fingerprint density at radius 3 is 1.82 bits per heavy atom. The normalized spacial score (nSPS) is 14.9. The molecule has 0 aromatic heterocycles. The number of hydrogen-bond donors (Lipinski definition) is 1. The molecule has 0 radical (unpaired) electrons. The van der Waals surface area contributed by atoms with Crippen LogP contribution in [0.15, 0.2) is 0 Å². The lowest BCUT2D eigenvalue weighted by Crippen LogP contribution is -2.11. The van der Waals surface area contributed by atoms with Crippen LogP contribution in [-0.2, 0) is 14.6 Å². The van der Waals surface area contributed by atoms with Gasteiger partial charge in [-0.15, -0.1) is 0 Å². The van der Waals surface area contributed by atoms with E-state index in [9.17, 15) is 8.42 Å². The molecule has 22 heavy (non-hydrogen) atoms. The van der Waals surface area contributed by atoms with Crippen LogP contribution in [0.25, 0.3) is 0 Å². The Bertz CT molecular complexity index is 341. The van der Waals surface area contributed by atoms with Gasteiger partial charge in [0, 0.05) is 0 Å². The highest BCUT2D eigenvalue weighted by atomic mass is 32.3. The summed E-state index contributed by atoms with van der Waals surface area (Å²) in [7, 11) is -4.28. The number of hydrogen-bond acceptors (Lipinski definition) is 3. The van der Waals surface area contributed by atoms with Gasteiger partial charge in [0.2, 0.25) is 0 Å². The van der Waals surface area contributed by atoms with Crippen molar-refractivity contribution in [2.45, 2.75) is 91.4 Å². The van der Waals surface area contributed by atoms with Gasteiger partial charge in [-0.1, -0.05) is 85.0 Å². The summed E-state index contributed by atoms with van der Waals surface area (Å²) < 4.78 is 33.8. The summed E-state index contributed by atoms with van der Waals surface area (Å²) in [5.41, 5.74) is 0. The molecular formula is C17H36O4S.